The maximum atomic E-state index is 2.65. The van der Waals surface area contributed by atoms with E-state index in [1.165, 1.54) is 27.6 Å². The molecule has 5 rings (SSSR count). The minimum Gasteiger partial charge on any atom is -0.298 e. The van der Waals surface area contributed by atoms with Crippen molar-refractivity contribution in [1.82, 2.24) is 4.90 Å². The van der Waals surface area contributed by atoms with E-state index in [0.717, 1.165) is 6.54 Å². The zero-order valence-electron chi connectivity index (χ0n) is 18.5. The first-order valence-electron chi connectivity index (χ1n) is 11.3. The van der Waals surface area contributed by atoms with E-state index in [0.29, 0.717) is 11.4 Å². The highest BCUT2D eigenvalue weighted by atomic mass is 31.1. The van der Waals surface area contributed by atoms with Crippen LogP contribution in [-0.2, 0) is 0 Å². The minimum absolute atomic E-state index is 0.399. The van der Waals surface area contributed by atoms with Crippen LogP contribution in [0.2, 0.25) is 0 Å². The molecule has 2 atom stereocenters. The molecule has 1 aliphatic rings. The van der Waals surface area contributed by atoms with Gasteiger partial charge in [0.25, 0.3) is 0 Å². The molecule has 1 aliphatic heterocycles. The number of benzene rings is 4. The highest BCUT2D eigenvalue weighted by molar-refractivity contribution is 7.74. The van der Waals surface area contributed by atoms with Crippen LogP contribution < -0.4 is 21.2 Å². The van der Waals surface area contributed by atoms with E-state index < -0.39 is 15.8 Å². The Kier molecular flexibility index (Phi) is 6.80. The lowest BCUT2D eigenvalue weighted by Gasteiger charge is -2.30. The predicted octanol–water partition coefficient (Wildman–Crippen LogP) is 5.28. The van der Waals surface area contributed by atoms with Crippen LogP contribution in [0, 0.1) is 0 Å². The summed E-state index contributed by atoms with van der Waals surface area (Å²) in [5.74, 6) is 0.553. The topological polar surface area (TPSA) is 3.24 Å². The van der Waals surface area contributed by atoms with Gasteiger partial charge in [-0.05, 0) is 50.5 Å². The molecule has 0 N–H and O–H groups in total. The lowest BCUT2D eigenvalue weighted by atomic mass is 10.3. The normalized spacial score (nSPS) is 19.0. The number of likely N-dealkylation sites (tertiary alicyclic amines) is 1. The van der Waals surface area contributed by atoms with Crippen molar-refractivity contribution in [1.29, 1.82) is 0 Å². The summed E-state index contributed by atoms with van der Waals surface area (Å²) in [6.45, 7) is 1.15. The van der Waals surface area contributed by atoms with E-state index in [4.69, 9.17) is 0 Å². The molecule has 4 aromatic carbocycles. The van der Waals surface area contributed by atoms with Gasteiger partial charge in [-0.2, -0.15) is 0 Å². The molecule has 32 heavy (non-hydrogen) atoms. The predicted molar refractivity (Wildman–Crippen MR) is 143 cm³/mol. The zero-order valence-corrected chi connectivity index (χ0v) is 20.2. The first-order valence-corrected chi connectivity index (χ1v) is 14.1. The Balaban J connectivity index is 1.52. The molecular formula is C29H29NP2. The fourth-order valence-electron chi connectivity index (χ4n) is 4.86. The number of rotatable bonds is 6. The van der Waals surface area contributed by atoms with Gasteiger partial charge in [0, 0.05) is 18.0 Å². The van der Waals surface area contributed by atoms with Crippen LogP contribution in [-0.4, -0.2) is 29.9 Å². The van der Waals surface area contributed by atoms with Crippen LogP contribution in [0.3, 0.4) is 0 Å². The van der Waals surface area contributed by atoms with Crippen molar-refractivity contribution in [2.75, 3.05) is 13.6 Å². The van der Waals surface area contributed by atoms with E-state index in [1.807, 2.05) is 0 Å². The molecule has 3 heteroatoms. The highest BCUT2D eigenvalue weighted by Crippen LogP contribution is 2.52. The fraction of sp³-hybridized carbons (Fsp3) is 0.172. The summed E-state index contributed by atoms with van der Waals surface area (Å²) in [6.07, 6.45) is 1.24. The lowest BCUT2D eigenvalue weighted by Crippen LogP contribution is -2.30. The van der Waals surface area contributed by atoms with Crippen LogP contribution in [0.5, 0.6) is 0 Å². The molecule has 0 aliphatic carbocycles. The second-order valence-electron chi connectivity index (χ2n) is 8.39. The van der Waals surface area contributed by atoms with Gasteiger partial charge in [-0.25, -0.2) is 0 Å². The molecule has 2 unspecified atom stereocenters. The third-order valence-electron chi connectivity index (χ3n) is 6.29. The van der Waals surface area contributed by atoms with Gasteiger partial charge in [0.15, 0.2) is 0 Å². The van der Waals surface area contributed by atoms with E-state index in [9.17, 15) is 0 Å². The molecule has 4 aromatic rings. The largest absolute Gasteiger partial charge is 0.298 e. The maximum Gasteiger partial charge on any atom is 0.0382 e. The second kappa shape index (κ2) is 10.1. The van der Waals surface area contributed by atoms with E-state index >= 15 is 0 Å². The van der Waals surface area contributed by atoms with Crippen LogP contribution in [0.1, 0.15) is 6.42 Å². The van der Waals surface area contributed by atoms with Crippen molar-refractivity contribution >= 4 is 37.1 Å². The van der Waals surface area contributed by atoms with Crippen molar-refractivity contribution < 1.29 is 0 Å². The molecule has 0 aromatic heterocycles. The van der Waals surface area contributed by atoms with E-state index in [1.54, 1.807) is 0 Å². The van der Waals surface area contributed by atoms with Gasteiger partial charge in [0.2, 0.25) is 0 Å². The summed E-state index contributed by atoms with van der Waals surface area (Å²) >= 11 is 0. The van der Waals surface area contributed by atoms with Gasteiger partial charge in [-0.3, -0.25) is 4.90 Å². The number of hydrogen-bond donors (Lipinski definition) is 0. The number of hydrogen-bond acceptors (Lipinski definition) is 1. The Morgan fingerprint density at radius 3 is 1.25 bits per heavy atom. The van der Waals surface area contributed by atoms with Crippen molar-refractivity contribution in [3.63, 3.8) is 0 Å². The molecule has 0 amide bonds. The second-order valence-corrected chi connectivity index (χ2v) is 13.3. The standard InChI is InChI=1S/C29H29NP2/c1-30-23-28(31(24-14-6-2-7-15-24)25-16-8-3-9-17-25)22-29(30)32(26-18-10-4-11-19-26)27-20-12-5-13-21-27/h2-21,28-29H,22-23H2,1H3. The summed E-state index contributed by atoms with van der Waals surface area (Å²) < 4.78 is 0. The van der Waals surface area contributed by atoms with Crippen LogP contribution >= 0.6 is 15.8 Å². The molecule has 1 nitrogen and oxygen atoms in total. The average molecular weight is 454 g/mol. The summed E-state index contributed by atoms with van der Waals surface area (Å²) in [6, 6.07) is 44.8. The SMILES string of the molecule is CN1CC(P(c2ccccc2)c2ccccc2)CC1P(c1ccccc1)c1ccccc1. The van der Waals surface area contributed by atoms with Gasteiger partial charge in [0.05, 0.1) is 0 Å². The van der Waals surface area contributed by atoms with Crippen molar-refractivity contribution in [3.8, 4) is 0 Å². The molecule has 1 saturated heterocycles. The molecule has 0 radical (unpaired) electrons. The first-order chi connectivity index (χ1) is 15.8. The summed E-state index contributed by atoms with van der Waals surface area (Å²) in [5, 5.41) is 5.96. The molecule has 0 saturated carbocycles. The Bertz CT molecular complexity index is 1020. The van der Waals surface area contributed by atoms with Crippen LogP contribution in [0.15, 0.2) is 121 Å². The molecule has 0 bridgehead atoms. The van der Waals surface area contributed by atoms with E-state index in [2.05, 4.69) is 133 Å². The summed E-state index contributed by atoms with van der Waals surface area (Å²) in [7, 11) is 1.50. The van der Waals surface area contributed by atoms with Gasteiger partial charge in [-0.1, -0.05) is 121 Å². The molecule has 160 valence electrons. The third kappa shape index (κ3) is 4.57. The highest BCUT2D eigenvalue weighted by Gasteiger charge is 2.40. The Hall–Kier alpha value is -2.30. The maximum absolute atomic E-state index is 2.65. The van der Waals surface area contributed by atoms with Gasteiger partial charge >= 0.3 is 0 Å². The summed E-state index contributed by atoms with van der Waals surface area (Å²) in [4.78, 5) is 2.65. The molecule has 1 heterocycles. The average Bonchev–Trinajstić information content (AvgIpc) is 3.22. The number of nitrogens with zero attached hydrogens (tertiary/aromatic N) is 1. The van der Waals surface area contributed by atoms with Crippen LogP contribution in [0.25, 0.3) is 0 Å². The summed E-state index contributed by atoms with van der Waals surface area (Å²) in [5.41, 5.74) is 0.655. The van der Waals surface area contributed by atoms with Gasteiger partial charge in [-0.15, -0.1) is 0 Å². The third-order valence-corrected chi connectivity index (χ3v) is 12.0. The van der Waals surface area contributed by atoms with Gasteiger partial charge in [0.1, 0.15) is 0 Å². The van der Waals surface area contributed by atoms with Crippen LogP contribution in [0.4, 0.5) is 0 Å². The Labute approximate surface area is 194 Å². The zero-order chi connectivity index (χ0) is 21.8. The smallest absolute Gasteiger partial charge is 0.0382 e. The Morgan fingerprint density at radius 1 is 0.531 bits per heavy atom. The fourth-order valence-corrected chi connectivity index (χ4v) is 10.9. The van der Waals surface area contributed by atoms with E-state index in [-0.39, 0.29) is 0 Å². The minimum atomic E-state index is -0.444. The monoisotopic (exact) mass is 453 g/mol. The van der Waals surface area contributed by atoms with Crippen molar-refractivity contribution in [2.45, 2.75) is 17.9 Å². The lowest BCUT2D eigenvalue weighted by molar-refractivity contribution is 0.388. The van der Waals surface area contributed by atoms with Crippen molar-refractivity contribution in [2.24, 2.45) is 0 Å². The van der Waals surface area contributed by atoms with Gasteiger partial charge < -0.3 is 0 Å². The first kappa shape index (κ1) is 21.5. The Morgan fingerprint density at radius 2 is 0.875 bits per heavy atom. The molecular weight excluding hydrogens is 424 g/mol. The molecule has 1 fully saturated rings. The van der Waals surface area contributed by atoms with Crippen molar-refractivity contribution in [3.05, 3.63) is 121 Å². The quantitative estimate of drug-likeness (QED) is 0.359. The molecule has 0 spiro atoms.